The molecule has 8 nitrogen and oxygen atoms in total. The number of aliphatic carboxylic acids is 2. The van der Waals surface area contributed by atoms with E-state index in [4.69, 9.17) is 19.8 Å². The van der Waals surface area contributed by atoms with E-state index in [2.05, 4.69) is 9.98 Å². The van der Waals surface area contributed by atoms with Crippen LogP contribution in [0.3, 0.4) is 0 Å². The van der Waals surface area contributed by atoms with E-state index in [-0.39, 0.29) is 50.5 Å². The molecule has 2 aromatic rings. The van der Waals surface area contributed by atoms with E-state index in [0.29, 0.717) is 12.8 Å². The van der Waals surface area contributed by atoms with Crippen molar-refractivity contribution in [2.75, 3.05) is 0 Å². The molecule has 0 saturated heterocycles. The van der Waals surface area contributed by atoms with Gasteiger partial charge in [0.05, 0.1) is 23.2 Å². The summed E-state index contributed by atoms with van der Waals surface area (Å²) in [7, 11) is 0. The van der Waals surface area contributed by atoms with Gasteiger partial charge < -0.3 is 30.0 Å². The van der Waals surface area contributed by atoms with Gasteiger partial charge in [0.15, 0.2) is 0 Å². The molecule has 2 atom stereocenters. The van der Waals surface area contributed by atoms with Gasteiger partial charge >= 0.3 is 29.1 Å². The molecule has 0 bridgehead atoms. The number of phenolic OH excluding ortho intramolecular Hbond substituents is 2. The predicted molar refractivity (Wildman–Crippen MR) is 138 cm³/mol. The zero-order chi connectivity index (χ0) is 32.4. The smallest absolute Gasteiger partial charge is 0.550 e. The predicted octanol–water partition coefficient (Wildman–Crippen LogP) is 4.11. The van der Waals surface area contributed by atoms with Crippen molar-refractivity contribution in [2.24, 2.45) is 9.98 Å². The van der Waals surface area contributed by atoms with Crippen LogP contribution in [0.1, 0.15) is 72.9 Å². The van der Waals surface area contributed by atoms with Crippen LogP contribution in [0.2, 0.25) is 0 Å². The Hall–Kier alpha value is -3.59. The van der Waals surface area contributed by atoms with Gasteiger partial charge in [-0.15, -0.1) is 0 Å². The Morgan fingerprint density at radius 2 is 1.02 bits per heavy atom. The number of benzene rings is 2. The molecule has 0 aliphatic heterocycles. The number of carboxylic acids is 2. The van der Waals surface area contributed by atoms with Crippen LogP contribution in [0.25, 0.3) is 0 Å². The first kappa shape index (κ1) is 39.4. The molecular weight excluding hydrogens is 633 g/mol. The Labute approximate surface area is 254 Å². The number of rotatable bonds is 4. The normalized spacial score (nSPS) is 16.9. The second-order valence-electron chi connectivity index (χ2n) is 9.42. The minimum Gasteiger partial charge on any atom is -0.550 e. The van der Waals surface area contributed by atoms with Crippen LogP contribution in [-0.2, 0) is 38.7 Å². The van der Waals surface area contributed by atoms with Crippen LogP contribution >= 0.6 is 0 Å². The molecule has 0 aromatic heterocycles. The van der Waals surface area contributed by atoms with Crippen molar-refractivity contribution in [2.45, 2.75) is 77.8 Å². The van der Waals surface area contributed by atoms with E-state index < -0.39 is 47.5 Å². The summed E-state index contributed by atoms with van der Waals surface area (Å²) in [5, 5.41) is 38.1. The average Bonchev–Trinajstić information content (AvgIpc) is 2.84. The number of alkyl halides is 6. The van der Waals surface area contributed by atoms with E-state index >= 15 is 0 Å². The van der Waals surface area contributed by atoms with Crippen molar-refractivity contribution in [3.8, 4) is 11.5 Å². The summed E-state index contributed by atoms with van der Waals surface area (Å²) in [5.41, 5.74) is -1.84. The molecular formula is C28H30CoF6N2O6. The standard InChI is InChI=1S/C24H24F6N2O2.2C2H4O2.Co/c1-13-7-17(23(25,26)27)9-15(21(13)33)11-31-19-5-3-4-6-20(19)32-12-16-10-18(24(28,29)30)8-14(2)22(16)34;2*1-2(3)4;/h7-12,19-20,33-34H,3-6H2,1-2H3;2*1H3,(H,3,4);/q;;;+2/p-2. The summed E-state index contributed by atoms with van der Waals surface area (Å²) < 4.78 is 78.8. The third-order valence-electron chi connectivity index (χ3n) is 5.82. The summed E-state index contributed by atoms with van der Waals surface area (Å²) in [6, 6.07) is 2.46. The number of carboxylic acid groups (broad SMARTS) is 2. The minimum absolute atomic E-state index is 0. The second kappa shape index (κ2) is 16.9. The number of hydrogen-bond acceptors (Lipinski definition) is 8. The van der Waals surface area contributed by atoms with Crippen molar-refractivity contribution < 1.29 is 73.1 Å². The molecule has 239 valence electrons. The van der Waals surface area contributed by atoms with E-state index in [1.165, 1.54) is 26.3 Å². The number of carbonyl (C=O) groups excluding carboxylic acids is 2. The Balaban J connectivity index is 0.00000174. The number of carbonyl (C=O) groups is 2. The largest absolute Gasteiger partial charge is 2.00 e. The first-order chi connectivity index (χ1) is 19.2. The van der Waals surface area contributed by atoms with Crippen molar-refractivity contribution in [3.63, 3.8) is 0 Å². The topological polar surface area (TPSA) is 145 Å². The maximum absolute atomic E-state index is 13.1. The van der Waals surface area contributed by atoms with Crippen LogP contribution in [0.15, 0.2) is 34.3 Å². The molecule has 0 heterocycles. The van der Waals surface area contributed by atoms with E-state index in [9.17, 15) is 36.6 Å². The Morgan fingerprint density at radius 1 is 0.744 bits per heavy atom. The van der Waals surface area contributed by atoms with Gasteiger partial charge in [0.25, 0.3) is 0 Å². The maximum atomic E-state index is 13.1. The van der Waals surface area contributed by atoms with E-state index in [1.54, 1.807) is 0 Å². The SMILES string of the molecule is CC(=O)[O-].CC(=O)[O-].Cc1cc(C(F)(F)F)cc(C=NC2CCCCC2N=Cc2cc(C(F)(F)F)cc(C)c2O)c1O.[Co+2]. The molecule has 2 N–H and O–H groups in total. The summed E-state index contributed by atoms with van der Waals surface area (Å²) in [4.78, 5) is 26.5. The van der Waals surface area contributed by atoms with Crippen LogP contribution in [0.5, 0.6) is 11.5 Å². The van der Waals surface area contributed by atoms with Gasteiger partial charge in [-0.3, -0.25) is 9.98 Å². The summed E-state index contributed by atoms with van der Waals surface area (Å²) in [6.45, 7) is 4.66. The molecule has 1 saturated carbocycles. The molecule has 1 aliphatic carbocycles. The molecule has 2 aromatic carbocycles. The van der Waals surface area contributed by atoms with Crippen molar-refractivity contribution in [1.82, 2.24) is 0 Å². The molecule has 43 heavy (non-hydrogen) atoms. The molecule has 15 heteroatoms. The van der Waals surface area contributed by atoms with Crippen molar-refractivity contribution in [3.05, 3.63) is 57.6 Å². The third kappa shape index (κ3) is 13.5. The quantitative estimate of drug-likeness (QED) is 0.372. The van der Waals surface area contributed by atoms with Gasteiger partial charge in [0.2, 0.25) is 0 Å². The summed E-state index contributed by atoms with van der Waals surface area (Å²) in [5.74, 6) is -2.78. The molecule has 1 aliphatic rings. The third-order valence-corrected chi connectivity index (χ3v) is 5.82. The number of aliphatic imine (C=N–C) groups is 2. The monoisotopic (exact) mass is 663 g/mol. The van der Waals surface area contributed by atoms with E-state index in [1.807, 2.05) is 0 Å². The second-order valence-corrected chi connectivity index (χ2v) is 9.42. The molecule has 0 amide bonds. The Morgan fingerprint density at radius 3 is 1.28 bits per heavy atom. The summed E-state index contributed by atoms with van der Waals surface area (Å²) >= 11 is 0. The Kier molecular flexibility index (Phi) is 15.5. The van der Waals surface area contributed by atoms with E-state index in [0.717, 1.165) is 51.0 Å². The number of nitrogens with zero attached hydrogens (tertiary/aromatic N) is 2. The zero-order valence-electron chi connectivity index (χ0n) is 23.5. The van der Waals surface area contributed by atoms with Gasteiger partial charge in [0, 0.05) is 35.5 Å². The van der Waals surface area contributed by atoms with Crippen molar-refractivity contribution >= 4 is 24.4 Å². The van der Waals surface area contributed by atoms with Crippen LogP contribution in [-0.4, -0.2) is 46.7 Å². The number of hydrogen-bond donors (Lipinski definition) is 2. The zero-order valence-corrected chi connectivity index (χ0v) is 24.5. The molecule has 1 radical (unpaired) electrons. The van der Waals surface area contributed by atoms with Gasteiger partial charge in [-0.1, -0.05) is 12.8 Å². The van der Waals surface area contributed by atoms with Gasteiger partial charge in [-0.25, -0.2) is 0 Å². The van der Waals surface area contributed by atoms with Gasteiger partial charge in [-0.2, -0.15) is 26.3 Å². The van der Waals surface area contributed by atoms with Crippen LogP contribution < -0.4 is 10.2 Å². The van der Waals surface area contributed by atoms with Crippen LogP contribution in [0.4, 0.5) is 26.3 Å². The maximum Gasteiger partial charge on any atom is 2.00 e. The minimum atomic E-state index is -4.58. The van der Waals surface area contributed by atoms with Crippen molar-refractivity contribution in [1.29, 1.82) is 0 Å². The summed E-state index contributed by atoms with van der Waals surface area (Å²) in [6.07, 6.45) is -4.04. The average molecular weight is 663 g/mol. The Bertz CT molecular complexity index is 1200. The number of aryl methyl sites for hydroxylation is 2. The number of halogens is 6. The first-order valence-electron chi connectivity index (χ1n) is 12.5. The fourth-order valence-electron chi connectivity index (χ4n) is 3.93. The number of aromatic hydroxyl groups is 2. The van der Waals surface area contributed by atoms with Crippen LogP contribution in [0, 0.1) is 13.8 Å². The number of phenols is 2. The van der Waals surface area contributed by atoms with Gasteiger partial charge in [-0.05, 0) is 75.9 Å². The van der Waals surface area contributed by atoms with Gasteiger partial charge in [0.1, 0.15) is 11.5 Å². The first-order valence-corrected chi connectivity index (χ1v) is 12.5. The molecule has 2 unspecified atom stereocenters. The molecule has 1 fully saturated rings. The molecule has 0 spiro atoms. The fraction of sp³-hybridized carbons (Fsp3) is 0.429. The molecule has 3 rings (SSSR count). The fourth-order valence-corrected chi connectivity index (χ4v) is 3.93.